The molecule has 2 N–H and O–H groups in total. The van der Waals surface area contributed by atoms with Gasteiger partial charge in [0.1, 0.15) is 0 Å². The lowest BCUT2D eigenvalue weighted by molar-refractivity contribution is 0.350. The molecule has 0 bridgehead atoms. The van der Waals surface area contributed by atoms with Crippen molar-refractivity contribution in [1.82, 2.24) is 4.90 Å². The van der Waals surface area contributed by atoms with Crippen molar-refractivity contribution in [2.75, 3.05) is 20.1 Å². The zero-order valence-electron chi connectivity index (χ0n) is 9.39. The van der Waals surface area contributed by atoms with E-state index in [1.54, 1.807) is 0 Å². The summed E-state index contributed by atoms with van der Waals surface area (Å²) in [5.74, 6) is 0. The molecule has 0 spiro atoms. The summed E-state index contributed by atoms with van der Waals surface area (Å²) in [6, 6.07) is 10.4. The normalized spacial score (nSPS) is 12.7. The molecule has 0 aliphatic heterocycles. The molecule has 15 heavy (non-hydrogen) atoms. The second kappa shape index (κ2) is 6.38. The Morgan fingerprint density at radius 1 is 1.40 bits per heavy atom. The molecule has 0 saturated carbocycles. The Labute approximate surface area is 92.4 Å². The van der Waals surface area contributed by atoms with Gasteiger partial charge in [-0.3, -0.25) is 0 Å². The molecule has 2 heteroatoms. The Morgan fingerprint density at radius 2 is 2.07 bits per heavy atom. The Morgan fingerprint density at radius 3 is 2.67 bits per heavy atom. The highest BCUT2D eigenvalue weighted by Crippen LogP contribution is 2.13. The van der Waals surface area contributed by atoms with Crippen molar-refractivity contribution >= 4 is 0 Å². The molecule has 1 aromatic rings. The van der Waals surface area contributed by atoms with E-state index in [9.17, 15) is 0 Å². The largest absolute Gasteiger partial charge is 0.324 e. The molecule has 1 aromatic carbocycles. The summed E-state index contributed by atoms with van der Waals surface area (Å²) in [4.78, 5) is 2.22. The van der Waals surface area contributed by atoms with Crippen LogP contribution in [0.2, 0.25) is 0 Å². The molecule has 0 aliphatic rings. The summed E-state index contributed by atoms with van der Waals surface area (Å²) >= 11 is 0. The van der Waals surface area contributed by atoms with E-state index in [1.807, 2.05) is 24.3 Å². The van der Waals surface area contributed by atoms with Crippen LogP contribution in [-0.4, -0.2) is 25.0 Å². The molecule has 1 unspecified atom stereocenters. The van der Waals surface area contributed by atoms with Gasteiger partial charge in [0.05, 0.1) is 0 Å². The van der Waals surface area contributed by atoms with Crippen molar-refractivity contribution in [2.24, 2.45) is 5.73 Å². The van der Waals surface area contributed by atoms with E-state index in [1.165, 1.54) is 5.56 Å². The number of nitrogens with zero attached hydrogens (tertiary/aromatic N) is 1. The standard InChI is InChI=1S/C13H20N2/c1-3-10-15(2)11-9-13(14)12-7-5-4-6-8-12/h3-8,13H,1,9-11,14H2,2H3. The Bertz CT molecular complexity index is 282. The summed E-state index contributed by atoms with van der Waals surface area (Å²) in [6.07, 6.45) is 2.89. The van der Waals surface area contributed by atoms with E-state index >= 15 is 0 Å². The smallest absolute Gasteiger partial charge is 0.0307 e. The van der Waals surface area contributed by atoms with Gasteiger partial charge >= 0.3 is 0 Å². The molecule has 0 heterocycles. The molecule has 82 valence electrons. The highest BCUT2D eigenvalue weighted by molar-refractivity contribution is 5.18. The average Bonchev–Trinajstić information content (AvgIpc) is 2.27. The molecule has 0 aromatic heterocycles. The van der Waals surface area contributed by atoms with Crippen LogP contribution >= 0.6 is 0 Å². The van der Waals surface area contributed by atoms with Gasteiger partial charge in [-0.05, 0) is 25.6 Å². The lowest BCUT2D eigenvalue weighted by atomic mass is 10.0. The van der Waals surface area contributed by atoms with Crippen molar-refractivity contribution in [3.8, 4) is 0 Å². The Balaban J connectivity index is 2.36. The molecule has 0 radical (unpaired) electrons. The summed E-state index contributed by atoms with van der Waals surface area (Å²) in [5.41, 5.74) is 7.30. The molecule has 0 aliphatic carbocycles. The van der Waals surface area contributed by atoms with Crippen LogP contribution in [0.1, 0.15) is 18.0 Å². The number of rotatable bonds is 6. The zero-order chi connectivity index (χ0) is 11.1. The van der Waals surface area contributed by atoms with Gasteiger partial charge in [0.2, 0.25) is 0 Å². The van der Waals surface area contributed by atoms with Gasteiger partial charge in [0.15, 0.2) is 0 Å². The van der Waals surface area contributed by atoms with Crippen molar-refractivity contribution in [3.63, 3.8) is 0 Å². The summed E-state index contributed by atoms with van der Waals surface area (Å²) in [5, 5.41) is 0. The van der Waals surface area contributed by atoms with Crippen LogP contribution in [0.4, 0.5) is 0 Å². The number of hydrogen-bond acceptors (Lipinski definition) is 2. The van der Waals surface area contributed by atoms with Crippen molar-refractivity contribution < 1.29 is 0 Å². The topological polar surface area (TPSA) is 29.3 Å². The van der Waals surface area contributed by atoms with Crippen molar-refractivity contribution in [1.29, 1.82) is 0 Å². The first kappa shape index (κ1) is 12.0. The fourth-order valence-electron chi connectivity index (χ4n) is 1.54. The molecule has 1 rings (SSSR count). The number of likely N-dealkylation sites (N-methyl/N-ethyl adjacent to an activating group) is 1. The van der Waals surface area contributed by atoms with Crippen LogP contribution in [0.3, 0.4) is 0 Å². The fourth-order valence-corrected chi connectivity index (χ4v) is 1.54. The van der Waals surface area contributed by atoms with Crippen molar-refractivity contribution in [2.45, 2.75) is 12.5 Å². The van der Waals surface area contributed by atoms with Gasteiger partial charge in [-0.25, -0.2) is 0 Å². The second-order valence-electron chi connectivity index (χ2n) is 3.86. The highest BCUT2D eigenvalue weighted by Gasteiger charge is 2.05. The maximum Gasteiger partial charge on any atom is 0.0307 e. The Kier molecular flexibility index (Phi) is 5.08. The first-order valence-corrected chi connectivity index (χ1v) is 5.34. The zero-order valence-corrected chi connectivity index (χ0v) is 9.39. The Hall–Kier alpha value is -1.12. The molecular formula is C13H20N2. The molecule has 1 atom stereocenters. The molecule has 0 amide bonds. The third kappa shape index (κ3) is 4.28. The molecule has 0 fully saturated rings. The number of benzene rings is 1. The van der Waals surface area contributed by atoms with Gasteiger partial charge < -0.3 is 10.6 Å². The summed E-state index contributed by atoms with van der Waals surface area (Å²) < 4.78 is 0. The third-order valence-electron chi connectivity index (χ3n) is 2.49. The lowest BCUT2D eigenvalue weighted by Crippen LogP contribution is -2.23. The molecular weight excluding hydrogens is 184 g/mol. The van der Waals surface area contributed by atoms with Crippen LogP contribution in [-0.2, 0) is 0 Å². The van der Waals surface area contributed by atoms with Crippen LogP contribution in [0.5, 0.6) is 0 Å². The van der Waals surface area contributed by atoms with Crippen LogP contribution in [0, 0.1) is 0 Å². The SMILES string of the molecule is C=CCN(C)CCC(N)c1ccccc1. The first-order valence-electron chi connectivity index (χ1n) is 5.34. The number of hydrogen-bond donors (Lipinski definition) is 1. The lowest BCUT2D eigenvalue weighted by Gasteiger charge is -2.17. The predicted octanol–water partition coefficient (Wildman–Crippen LogP) is 2.19. The minimum absolute atomic E-state index is 0.137. The second-order valence-corrected chi connectivity index (χ2v) is 3.86. The fraction of sp³-hybridized carbons (Fsp3) is 0.385. The van der Waals surface area contributed by atoms with E-state index in [0.717, 1.165) is 19.5 Å². The minimum atomic E-state index is 0.137. The van der Waals surface area contributed by atoms with Gasteiger partial charge in [0, 0.05) is 12.6 Å². The first-order chi connectivity index (χ1) is 7.24. The van der Waals surface area contributed by atoms with Gasteiger partial charge in [-0.2, -0.15) is 0 Å². The van der Waals surface area contributed by atoms with Gasteiger partial charge in [0.25, 0.3) is 0 Å². The maximum atomic E-state index is 6.09. The van der Waals surface area contributed by atoms with Crippen LogP contribution in [0.15, 0.2) is 43.0 Å². The summed E-state index contributed by atoms with van der Waals surface area (Å²) in [6.45, 7) is 5.63. The van der Waals surface area contributed by atoms with E-state index < -0.39 is 0 Å². The van der Waals surface area contributed by atoms with E-state index in [0.29, 0.717) is 0 Å². The van der Waals surface area contributed by atoms with Gasteiger partial charge in [-0.15, -0.1) is 6.58 Å². The third-order valence-corrected chi connectivity index (χ3v) is 2.49. The van der Waals surface area contributed by atoms with Gasteiger partial charge in [-0.1, -0.05) is 36.4 Å². The predicted molar refractivity (Wildman–Crippen MR) is 65.7 cm³/mol. The maximum absolute atomic E-state index is 6.09. The van der Waals surface area contributed by atoms with Crippen LogP contribution < -0.4 is 5.73 Å². The van der Waals surface area contributed by atoms with Crippen LogP contribution in [0.25, 0.3) is 0 Å². The van der Waals surface area contributed by atoms with E-state index in [-0.39, 0.29) is 6.04 Å². The molecule has 2 nitrogen and oxygen atoms in total. The highest BCUT2D eigenvalue weighted by atomic mass is 15.1. The molecule has 0 saturated heterocycles. The monoisotopic (exact) mass is 204 g/mol. The number of nitrogens with two attached hydrogens (primary N) is 1. The quantitative estimate of drug-likeness (QED) is 0.720. The minimum Gasteiger partial charge on any atom is -0.324 e. The summed E-state index contributed by atoms with van der Waals surface area (Å²) in [7, 11) is 2.08. The van der Waals surface area contributed by atoms with E-state index in [4.69, 9.17) is 5.73 Å². The van der Waals surface area contributed by atoms with Crippen molar-refractivity contribution in [3.05, 3.63) is 48.6 Å². The van der Waals surface area contributed by atoms with E-state index in [2.05, 4.69) is 30.7 Å². The average molecular weight is 204 g/mol.